The van der Waals surface area contributed by atoms with Crippen LogP contribution in [0.5, 0.6) is 5.75 Å². The van der Waals surface area contributed by atoms with Crippen molar-refractivity contribution in [3.63, 3.8) is 0 Å². The third-order valence-electron chi connectivity index (χ3n) is 3.33. The number of aliphatic carboxylic acids is 1. The van der Waals surface area contributed by atoms with E-state index in [1.54, 1.807) is 7.11 Å². The zero-order valence-electron chi connectivity index (χ0n) is 10.7. The van der Waals surface area contributed by atoms with Crippen molar-refractivity contribution in [1.29, 1.82) is 0 Å². The Balaban J connectivity index is 2.08. The van der Waals surface area contributed by atoms with E-state index in [1.807, 2.05) is 6.07 Å². The van der Waals surface area contributed by atoms with Crippen LogP contribution in [0.15, 0.2) is 18.2 Å². The highest BCUT2D eigenvalue weighted by molar-refractivity contribution is 5.66. The molecule has 0 fully saturated rings. The van der Waals surface area contributed by atoms with Crippen LogP contribution in [-0.4, -0.2) is 31.3 Å². The van der Waals surface area contributed by atoms with Gasteiger partial charge in [-0.25, -0.2) is 0 Å². The zero-order chi connectivity index (χ0) is 13.0. The van der Waals surface area contributed by atoms with Crippen LogP contribution in [0, 0.1) is 0 Å². The summed E-state index contributed by atoms with van der Waals surface area (Å²) in [6.07, 6.45) is 3.14. The molecule has 2 rings (SSSR count). The summed E-state index contributed by atoms with van der Waals surface area (Å²) in [6, 6.07) is 6.15. The number of carboxylic acids is 1. The van der Waals surface area contributed by atoms with Gasteiger partial charge in [-0.15, -0.1) is 0 Å². The van der Waals surface area contributed by atoms with Crippen LogP contribution in [0.25, 0.3) is 0 Å². The van der Waals surface area contributed by atoms with Gasteiger partial charge in [0.15, 0.2) is 0 Å². The van der Waals surface area contributed by atoms with Crippen LogP contribution < -0.4 is 9.64 Å². The van der Waals surface area contributed by atoms with Crippen LogP contribution >= 0.6 is 0 Å². The Kier molecular flexibility index (Phi) is 4.07. The van der Waals surface area contributed by atoms with Crippen LogP contribution in [0.3, 0.4) is 0 Å². The molecule has 1 heterocycles. The maximum Gasteiger partial charge on any atom is 0.303 e. The number of benzene rings is 1. The molecule has 0 amide bonds. The SMILES string of the molecule is COc1ccc2c(c1)N(CCCC(=O)O)CCC2. The van der Waals surface area contributed by atoms with Gasteiger partial charge in [-0.1, -0.05) is 6.07 Å². The Bertz CT molecular complexity index is 431. The second-order valence-corrected chi connectivity index (χ2v) is 4.58. The molecule has 0 spiro atoms. The van der Waals surface area contributed by atoms with E-state index < -0.39 is 5.97 Å². The molecule has 4 nitrogen and oxygen atoms in total. The second kappa shape index (κ2) is 5.76. The Morgan fingerprint density at radius 2 is 2.33 bits per heavy atom. The number of methoxy groups -OCH3 is 1. The first kappa shape index (κ1) is 12.7. The lowest BCUT2D eigenvalue weighted by atomic mass is 10.0. The molecule has 0 bridgehead atoms. The number of hydrogen-bond acceptors (Lipinski definition) is 3. The normalized spacial score (nSPS) is 14.2. The highest BCUT2D eigenvalue weighted by Gasteiger charge is 2.17. The van der Waals surface area contributed by atoms with Crippen LogP contribution in [-0.2, 0) is 11.2 Å². The van der Waals surface area contributed by atoms with E-state index in [0.29, 0.717) is 6.42 Å². The van der Waals surface area contributed by atoms with E-state index in [4.69, 9.17) is 9.84 Å². The summed E-state index contributed by atoms with van der Waals surface area (Å²) in [7, 11) is 1.67. The highest BCUT2D eigenvalue weighted by Crippen LogP contribution is 2.30. The second-order valence-electron chi connectivity index (χ2n) is 4.58. The van der Waals surface area contributed by atoms with Crippen molar-refractivity contribution in [2.45, 2.75) is 25.7 Å². The number of ether oxygens (including phenoxy) is 1. The number of nitrogens with zero attached hydrogens (tertiary/aromatic N) is 1. The van der Waals surface area contributed by atoms with E-state index in [2.05, 4.69) is 17.0 Å². The van der Waals surface area contributed by atoms with Gasteiger partial charge in [0.1, 0.15) is 5.75 Å². The number of anilines is 1. The topological polar surface area (TPSA) is 49.8 Å². The fourth-order valence-electron chi connectivity index (χ4n) is 2.41. The lowest BCUT2D eigenvalue weighted by Gasteiger charge is -2.31. The maximum absolute atomic E-state index is 10.5. The van der Waals surface area contributed by atoms with Gasteiger partial charge in [-0.2, -0.15) is 0 Å². The summed E-state index contributed by atoms with van der Waals surface area (Å²) in [5.41, 5.74) is 2.53. The monoisotopic (exact) mass is 249 g/mol. The highest BCUT2D eigenvalue weighted by atomic mass is 16.5. The molecule has 0 saturated heterocycles. The van der Waals surface area contributed by atoms with Crippen molar-refractivity contribution in [2.75, 3.05) is 25.1 Å². The van der Waals surface area contributed by atoms with Gasteiger partial charge in [0.25, 0.3) is 0 Å². The third kappa shape index (κ3) is 2.94. The molecule has 98 valence electrons. The van der Waals surface area contributed by atoms with Crippen molar-refractivity contribution in [3.05, 3.63) is 23.8 Å². The minimum Gasteiger partial charge on any atom is -0.497 e. The lowest BCUT2D eigenvalue weighted by molar-refractivity contribution is -0.137. The lowest BCUT2D eigenvalue weighted by Crippen LogP contribution is -2.30. The molecule has 0 unspecified atom stereocenters. The molecule has 0 aromatic heterocycles. The standard InChI is InChI=1S/C14H19NO3/c1-18-12-7-6-11-4-2-8-15(13(11)10-12)9-3-5-14(16)17/h6-7,10H,2-5,8-9H2,1H3,(H,16,17). The van der Waals surface area contributed by atoms with Gasteiger partial charge in [-0.05, 0) is 30.9 Å². The average molecular weight is 249 g/mol. The number of carboxylic acid groups (broad SMARTS) is 1. The minimum atomic E-state index is -0.724. The number of carbonyl (C=O) groups is 1. The quantitative estimate of drug-likeness (QED) is 0.870. The van der Waals surface area contributed by atoms with Crippen LogP contribution in [0.2, 0.25) is 0 Å². The predicted octanol–water partition coefficient (Wildman–Crippen LogP) is 2.31. The Labute approximate surface area is 107 Å². The number of rotatable bonds is 5. The van der Waals surface area contributed by atoms with Gasteiger partial charge in [0.2, 0.25) is 0 Å². The van der Waals surface area contributed by atoms with Gasteiger partial charge >= 0.3 is 5.97 Å². The summed E-state index contributed by atoms with van der Waals surface area (Å²) in [5, 5.41) is 8.68. The summed E-state index contributed by atoms with van der Waals surface area (Å²) >= 11 is 0. The van der Waals surface area contributed by atoms with Crippen molar-refractivity contribution in [1.82, 2.24) is 0 Å². The first-order valence-corrected chi connectivity index (χ1v) is 6.34. The largest absolute Gasteiger partial charge is 0.497 e. The van der Waals surface area contributed by atoms with E-state index in [1.165, 1.54) is 11.3 Å². The molecular weight excluding hydrogens is 230 g/mol. The molecule has 1 aromatic rings. The molecular formula is C14H19NO3. The molecule has 1 aliphatic rings. The molecule has 18 heavy (non-hydrogen) atoms. The smallest absolute Gasteiger partial charge is 0.303 e. The van der Waals surface area contributed by atoms with Gasteiger partial charge < -0.3 is 14.7 Å². The van der Waals surface area contributed by atoms with Crippen molar-refractivity contribution >= 4 is 11.7 Å². The molecule has 0 saturated carbocycles. The molecule has 0 aliphatic carbocycles. The summed E-state index contributed by atoms with van der Waals surface area (Å²) in [5.74, 6) is 0.136. The maximum atomic E-state index is 10.5. The van der Waals surface area contributed by atoms with E-state index in [0.717, 1.165) is 31.7 Å². The van der Waals surface area contributed by atoms with Gasteiger partial charge in [0, 0.05) is 31.3 Å². The number of hydrogen-bond donors (Lipinski definition) is 1. The molecule has 1 aliphatic heterocycles. The first-order chi connectivity index (χ1) is 8.70. The van der Waals surface area contributed by atoms with E-state index in [-0.39, 0.29) is 6.42 Å². The third-order valence-corrected chi connectivity index (χ3v) is 3.33. The molecule has 4 heteroatoms. The van der Waals surface area contributed by atoms with E-state index in [9.17, 15) is 4.79 Å². The molecule has 0 radical (unpaired) electrons. The fourth-order valence-corrected chi connectivity index (χ4v) is 2.41. The van der Waals surface area contributed by atoms with Gasteiger partial charge in [-0.3, -0.25) is 4.79 Å². The predicted molar refractivity (Wildman–Crippen MR) is 70.4 cm³/mol. The van der Waals surface area contributed by atoms with Crippen molar-refractivity contribution < 1.29 is 14.6 Å². The summed E-state index contributed by atoms with van der Waals surface area (Å²) in [6.45, 7) is 1.80. The first-order valence-electron chi connectivity index (χ1n) is 6.34. The van der Waals surface area contributed by atoms with Crippen LogP contribution in [0.4, 0.5) is 5.69 Å². The van der Waals surface area contributed by atoms with Crippen molar-refractivity contribution in [2.24, 2.45) is 0 Å². The molecule has 0 atom stereocenters. The number of aryl methyl sites for hydroxylation is 1. The Hall–Kier alpha value is -1.71. The average Bonchev–Trinajstić information content (AvgIpc) is 2.38. The Morgan fingerprint density at radius 3 is 3.06 bits per heavy atom. The number of fused-ring (bicyclic) bond motifs is 1. The van der Waals surface area contributed by atoms with E-state index >= 15 is 0 Å². The van der Waals surface area contributed by atoms with Crippen molar-refractivity contribution in [3.8, 4) is 5.75 Å². The zero-order valence-corrected chi connectivity index (χ0v) is 10.7. The minimum absolute atomic E-state index is 0.232. The molecule has 1 aromatic carbocycles. The molecule has 1 N–H and O–H groups in total. The van der Waals surface area contributed by atoms with Crippen LogP contribution in [0.1, 0.15) is 24.8 Å². The Morgan fingerprint density at radius 1 is 1.50 bits per heavy atom. The fraction of sp³-hybridized carbons (Fsp3) is 0.500. The summed E-state index contributed by atoms with van der Waals surface area (Å²) in [4.78, 5) is 12.8. The van der Waals surface area contributed by atoms with Gasteiger partial charge in [0.05, 0.1) is 7.11 Å². The summed E-state index contributed by atoms with van der Waals surface area (Å²) < 4.78 is 5.25.